The van der Waals surface area contributed by atoms with E-state index in [9.17, 15) is 0 Å². The number of nitrogens with zero attached hydrogens (tertiary/aromatic N) is 1. The summed E-state index contributed by atoms with van der Waals surface area (Å²) in [5, 5.41) is 7.75. The van der Waals surface area contributed by atoms with Gasteiger partial charge in [0.15, 0.2) is 0 Å². The molecule has 0 radical (unpaired) electrons. The van der Waals surface area contributed by atoms with Gasteiger partial charge in [-0.05, 0) is 86.6 Å². The summed E-state index contributed by atoms with van der Waals surface area (Å²) in [5.41, 5.74) is 11.2. The second kappa shape index (κ2) is 9.97. The number of hydrogen-bond acceptors (Lipinski definition) is 1. The van der Waals surface area contributed by atoms with Crippen LogP contribution in [-0.4, -0.2) is 4.57 Å². The van der Waals surface area contributed by atoms with Crippen LogP contribution in [0.25, 0.3) is 82.4 Å². The van der Waals surface area contributed by atoms with Gasteiger partial charge in [-0.15, -0.1) is 0 Å². The highest BCUT2D eigenvalue weighted by Gasteiger charge is 2.20. The van der Waals surface area contributed by atoms with Gasteiger partial charge in [-0.1, -0.05) is 133 Å². The SMILES string of the molecule is c1ccc(-n2c3ccccc3c3ccc4c(-c5cccc(-c6ccc7c(c6)-c6cccc8cccc(c68)S7)c5)cccc4c32)cc1. The van der Waals surface area contributed by atoms with E-state index in [1.807, 2.05) is 11.8 Å². The summed E-state index contributed by atoms with van der Waals surface area (Å²) in [4.78, 5) is 2.66. The van der Waals surface area contributed by atoms with E-state index in [-0.39, 0.29) is 0 Å². The van der Waals surface area contributed by atoms with Crippen molar-refractivity contribution in [2.45, 2.75) is 9.79 Å². The largest absolute Gasteiger partial charge is 0.309 e. The maximum absolute atomic E-state index is 2.43. The molecule has 9 aromatic rings. The van der Waals surface area contributed by atoms with Crippen molar-refractivity contribution in [3.63, 3.8) is 0 Å². The van der Waals surface area contributed by atoms with Crippen LogP contribution < -0.4 is 0 Å². The summed E-state index contributed by atoms with van der Waals surface area (Å²) in [6.07, 6.45) is 0. The number of benzene rings is 8. The Bertz CT molecular complexity index is 2660. The van der Waals surface area contributed by atoms with Crippen LogP contribution in [0.3, 0.4) is 0 Å². The van der Waals surface area contributed by atoms with Crippen molar-refractivity contribution in [1.29, 1.82) is 0 Å². The third-order valence-electron chi connectivity index (χ3n) is 9.57. The van der Waals surface area contributed by atoms with Crippen LogP contribution in [0.15, 0.2) is 174 Å². The molecule has 0 spiro atoms. The van der Waals surface area contributed by atoms with Gasteiger partial charge in [0.1, 0.15) is 0 Å². The highest BCUT2D eigenvalue weighted by Crippen LogP contribution is 2.49. The molecule has 8 aromatic carbocycles. The zero-order valence-electron chi connectivity index (χ0n) is 24.9. The van der Waals surface area contributed by atoms with Crippen LogP contribution in [0.1, 0.15) is 0 Å². The monoisotopic (exact) mass is 601 g/mol. The van der Waals surface area contributed by atoms with Crippen LogP contribution in [0.2, 0.25) is 0 Å². The van der Waals surface area contributed by atoms with Gasteiger partial charge in [-0.2, -0.15) is 0 Å². The van der Waals surface area contributed by atoms with Gasteiger partial charge >= 0.3 is 0 Å². The molecule has 1 nitrogen and oxygen atoms in total. The van der Waals surface area contributed by atoms with Crippen LogP contribution in [0.5, 0.6) is 0 Å². The van der Waals surface area contributed by atoms with Crippen molar-refractivity contribution in [2.24, 2.45) is 0 Å². The Morgan fingerprint density at radius 3 is 2.02 bits per heavy atom. The molecule has 1 aliphatic rings. The number of hydrogen-bond donors (Lipinski definition) is 0. The third kappa shape index (κ3) is 3.77. The molecule has 0 aliphatic carbocycles. The Hall–Kier alpha value is -5.57. The lowest BCUT2D eigenvalue weighted by molar-refractivity contribution is 1.19. The summed E-state index contributed by atoms with van der Waals surface area (Å²) in [7, 11) is 0. The maximum atomic E-state index is 2.43. The average Bonchev–Trinajstić information content (AvgIpc) is 3.47. The molecule has 0 bridgehead atoms. The molecule has 0 saturated carbocycles. The quantitative estimate of drug-likeness (QED) is 0.195. The van der Waals surface area contributed by atoms with Gasteiger partial charge in [-0.3, -0.25) is 0 Å². The first kappa shape index (κ1) is 25.7. The van der Waals surface area contributed by atoms with Gasteiger partial charge in [0.05, 0.1) is 11.0 Å². The van der Waals surface area contributed by atoms with Crippen molar-refractivity contribution in [3.05, 3.63) is 164 Å². The normalized spacial score (nSPS) is 12.3. The lowest BCUT2D eigenvalue weighted by Gasteiger charge is -2.21. The second-order valence-corrected chi connectivity index (χ2v) is 13.2. The van der Waals surface area contributed by atoms with Crippen LogP contribution in [-0.2, 0) is 0 Å². The Kier molecular flexibility index (Phi) is 5.58. The van der Waals surface area contributed by atoms with Gasteiger partial charge in [0.25, 0.3) is 0 Å². The van der Waals surface area contributed by atoms with Crippen molar-refractivity contribution < 1.29 is 0 Å². The van der Waals surface area contributed by atoms with Crippen LogP contribution in [0.4, 0.5) is 0 Å². The zero-order chi connectivity index (χ0) is 30.2. The van der Waals surface area contributed by atoms with E-state index in [1.54, 1.807) is 0 Å². The lowest BCUT2D eigenvalue weighted by Crippen LogP contribution is -1.94. The fraction of sp³-hybridized carbons (Fsp3) is 0. The molecule has 0 amide bonds. The molecule has 0 atom stereocenters. The van der Waals surface area contributed by atoms with Gasteiger partial charge < -0.3 is 4.57 Å². The number of rotatable bonds is 3. The first-order valence-electron chi connectivity index (χ1n) is 15.8. The molecular formula is C44H27NS. The van der Waals surface area contributed by atoms with E-state index < -0.39 is 0 Å². The minimum absolute atomic E-state index is 1.18. The summed E-state index contributed by atoms with van der Waals surface area (Å²) in [5.74, 6) is 0. The van der Waals surface area contributed by atoms with Crippen molar-refractivity contribution in [2.75, 3.05) is 0 Å². The molecular weight excluding hydrogens is 575 g/mol. The van der Waals surface area contributed by atoms with Crippen molar-refractivity contribution in [1.82, 2.24) is 4.57 Å². The minimum atomic E-state index is 1.18. The highest BCUT2D eigenvalue weighted by atomic mass is 32.2. The third-order valence-corrected chi connectivity index (χ3v) is 10.7. The molecule has 0 saturated heterocycles. The van der Waals surface area contributed by atoms with Crippen LogP contribution in [0, 0.1) is 0 Å². The molecule has 0 unspecified atom stereocenters. The average molecular weight is 602 g/mol. The predicted octanol–water partition coefficient (Wildman–Crippen LogP) is 12.6. The number of para-hydroxylation sites is 2. The Labute approximate surface area is 271 Å². The molecule has 2 heterocycles. The van der Waals surface area contributed by atoms with Gasteiger partial charge in [-0.25, -0.2) is 0 Å². The predicted molar refractivity (Wildman–Crippen MR) is 196 cm³/mol. The van der Waals surface area contributed by atoms with E-state index in [4.69, 9.17) is 0 Å². The van der Waals surface area contributed by atoms with E-state index in [1.165, 1.54) is 92.2 Å². The summed E-state index contributed by atoms with van der Waals surface area (Å²) in [6, 6.07) is 60.2. The summed E-state index contributed by atoms with van der Waals surface area (Å²) >= 11 is 1.88. The lowest BCUT2D eigenvalue weighted by atomic mass is 9.92. The maximum Gasteiger partial charge on any atom is 0.0619 e. The topological polar surface area (TPSA) is 4.93 Å². The molecule has 2 heteroatoms. The van der Waals surface area contributed by atoms with E-state index in [2.05, 4.69) is 168 Å². The Balaban J connectivity index is 1.15. The molecule has 1 aromatic heterocycles. The molecule has 214 valence electrons. The Morgan fingerprint density at radius 1 is 0.391 bits per heavy atom. The summed E-state index contributed by atoms with van der Waals surface area (Å²) in [6.45, 7) is 0. The minimum Gasteiger partial charge on any atom is -0.309 e. The summed E-state index contributed by atoms with van der Waals surface area (Å²) < 4.78 is 2.43. The number of aromatic nitrogens is 1. The fourth-order valence-electron chi connectivity index (χ4n) is 7.52. The Morgan fingerprint density at radius 2 is 1.09 bits per heavy atom. The molecule has 46 heavy (non-hydrogen) atoms. The smallest absolute Gasteiger partial charge is 0.0619 e. The number of fused-ring (bicyclic) bond motifs is 7. The van der Waals surface area contributed by atoms with Crippen molar-refractivity contribution in [3.8, 4) is 39.1 Å². The molecule has 0 fully saturated rings. The van der Waals surface area contributed by atoms with Crippen LogP contribution >= 0.6 is 11.8 Å². The van der Waals surface area contributed by atoms with Gasteiger partial charge in [0, 0.05) is 37.0 Å². The molecule has 0 N–H and O–H groups in total. The highest BCUT2D eigenvalue weighted by molar-refractivity contribution is 7.99. The van der Waals surface area contributed by atoms with E-state index in [0.29, 0.717) is 0 Å². The first-order valence-corrected chi connectivity index (χ1v) is 16.6. The fourth-order valence-corrected chi connectivity index (χ4v) is 8.65. The first-order chi connectivity index (χ1) is 22.8. The van der Waals surface area contributed by atoms with Gasteiger partial charge in [0.2, 0.25) is 0 Å². The molecule has 1 aliphatic heterocycles. The zero-order valence-corrected chi connectivity index (χ0v) is 25.8. The van der Waals surface area contributed by atoms with E-state index >= 15 is 0 Å². The second-order valence-electron chi connectivity index (χ2n) is 12.1. The standard InChI is InChI=1S/C44H27NS/c1-2-14-32(15-3-1)45-40-20-5-4-16-35(40)38-24-23-34-33(17-9-19-37(34)44(38)45)31-13-6-12-29(26-31)30-22-25-41-39(27-30)36-18-7-10-28-11-8-21-42(46-41)43(28)36/h1-27H. The van der Waals surface area contributed by atoms with Crippen molar-refractivity contribution >= 4 is 55.1 Å². The molecule has 10 rings (SSSR count). The van der Waals surface area contributed by atoms with E-state index in [0.717, 1.165) is 0 Å².